The summed E-state index contributed by atoms with van der Waals surface area (Å²) in [5.74, 6) is 0.373. The van der Waals surface area contributed by atoms with E-state index in [1.54, 1.807) is 0 Å². The number of nitrogens with zero attached hydrogens (tertiary/aromatic N) is 1. The van der Waals surface area contributed by atoms with Crippen LogP contribution in [0.15, 0.2) is 24.3 Å². The smallest absolute Gasteiger partial charge is 0.0854 e. The maximum Gasteiger partial charge on any atom is 0.0854 e. The molecule has 2 unspecified atom stereocenters. The molecule has 2 rings (SSSR count). The molecular formula is C15H19NO. The molecule has 0 amide bonds. The average molecular weight is 229 g/mol. The highest BCUT2D eigenvalue weighted by Gasteiger charge is 2.46. The summed E-state index contributed by atoms with van der Waals surface area (Å²) in [5.41, 5.74) is 2.14. The van der Waals surface area contributed by atoms with Gasteiger partial charge in [-0.15, -0.1) is 0 Å². The van der Waals surface area contributed by atoms with E-state index in [2.05, 4.69) is 26.0 Å². The lowest BCUT2D eigenvalue weighted by molar-refractivity contribution is -0.00313. The first-order valence-electron chi connectivity index (χ1n) is 6.24. The molecule has 17 heavy (non-hydrogen) atoms. The molecule has 1 N–H and O–H groups in total. The minimum atomic E-state index is -0.424. The highest BCUT2D eigenvalue weighted by Crippen LogP contribution is 2.52. The zero-order valence-corrected chi connectivity index (χ0v) is 10.5. The van der Waals surface area contributed by atoms with Crippen molar-refractivity contribution in [2.45, 2.75) is 39.2 Å². The molecule has 0 heterocycles. The Kier molecular flexibility index (Phi) is 3.22. The SMILES string of the molecule is CC(C)C1(CCC#N)Cc2ccccc2C1O. The van der Waals surface area contributed by atoms with E-state index in [9.17, 15) is 5.11 Å². The van der Waals surface area contributed by atoms with Crippen molar-refractivity contribution in [2.75, 3.05) is 0 Å². The Bertz CT molecular complexity index is 446. The number of benzene rings is 1. The third-order valence-electron chi connectivity index (χ3n) is 4.27. The molecule has 0 bridgehead atoms. The predicted molar refractivity (Wildman–Crippen MR) is 67.2 cm³/mol. The van der Waals surface area contributed by atoms with Crippen LogP contribution in [-0.4, -0.2) is 5.11 Å². The maximum atomic E-state index is 10.6. The van der Waals surface area contributed by atoms with Crippen molar-refractivity contribution in [3.05, 3.63) is 35.4 Å². The van der Waals surface area contributed by atoms with Gasteiger partial charge in [-0.25, -0.2) is 0 Å². The minimum absolute atomic E-state index is 0.153. The summed E-state index contributed by atoms with van der Waals surface area (Å²) in [6.45, 7) is 4.29. The summed E-state index contributed by atoms with van der Waals surface area (Å²) < 4.78 is 0. The van der Waals surface area contributed by atoms with Crippen LogP contribution in [0.3, 0.4) is 0 Å². The Balaban J connectivity index is 2.36. The zero-order valence-electron chi connectivity index (χ0n) is 10.5. The summed E-state index contributed by atoms with van der Waals surface area (Å²) >= 11 is 0. The van der Waals surface area contributed by atoms with Gasteiger partial charge >= 0.3 is 0 Å². The Labute approximate surface area is 103 Å². The minimum Gasteiger partial charge on any atom is -0.388 e. The molecule has 2 heteroatoms. The van der Waals surface area contributed by atoms with Gasteiger partial charge in [-0.2, -0.15) is 5.26 Å². The van der Waals surface area contributed by atoms with Crippen molar-refractivity contribution < 1.29 is 5.11 Å². The van der Waals surface area contributed by atoms with E-state index in [0.717, 1.165) is 18.4 Å². The second-order valence-electron chi connectivity index (χ2n) is 5.32. The van der Waals surface area contributed by atoms with Gasteiger partial charge in [0.15, 0.2) is 0 Å². The van der Waals surface area contributed by atoms with Crippen LogP contribution in [0.2, 0.25) is 0 Å². The van der Waals surface area contributed by atoms with Crippen LogP contribution in [-0.2, 0) is 6.42 Å². The van der Waals surface area contributed by atoms with Crippen LogP contribution in [0.1, 0.15) is 43.9 Å². The molecule has 0 radical (unpaired) electrons. The number of aliphatic hydroxyl groups excluding tert-OH is 1. The van der Waals surface area contributed by atoms with Gasteiger partial charge in [-0.05, 0) is 29.9 Å². The fraction of sp³-hybridized carbons (Fsp3) is 0.533. The van der Waals surface area contributed by atoms with Gasteiger partial charge in [0, 0.05) is 11.8 Å². The van der Waals surface area contributed by atoms with Gasteiger partial charge in [0.25, 0.3) is 0 Å². The Hall–Kier alpha value is -1.33. The molecule has 0 saturated carbocycles. The number of hydrogen-bond acceptors (Lipinski definition) is 2. The van der Waals surface area contributed by atoms with Crippen molar-refractivity contribution in [1.29, 1.82) is 5.26 Å². The number of rotatable bonds is 3. The molecule has 1 aliphatic rings. The highest BCUT2D eigenvalue weighted by molar-refractivity contribution is 5.37. The summed E-state index contributed by atoms with van der Waals surface area (Å²) in [5, 5.41) is 19.4. The predicted octanol–water partition coefficient (Wildman–Crippen LogP) is 3.22. The molecule has 1 aromatic carbocycles. The second-order valence-corrected chi connectivity index (χ2v) is 5.32. The molecule has 0 fully saturated rings. The first-order valence-corrected chi connectivity index (χ1v) is 6.24. The fourth-order valence-corrected chi connectivity index (χ4v) is 3.05. The average Bonchev–Trinajstić information content (AvgIpc) is 2.62. The molecule has 0 aliphatic heterocycles. The molecule has 0 saturated heterocycles. The van der Waals surface area contributed by atoms with Gasteiger partial charge in [-0.1, -0.05) is 38.1 Å². The van der Waals surface area contributed by atoms with E-state index in [1.807, 2.05) is 18.2 Å². The number of hydrogen-bond donors (Lipinski definition) is 1. The van der Waals surface area contributed by atoms with Crippen molar-refractivity contribution in [1.82, 2.24) is 0 Å². The highest BCUT2D eigenvalue weighted by atomic mass is 16.3. The summed E-state index contributed by atoms with van der Waals surface area (Å²) in [4.78, 5) is 0. The van der Waals surface area contributed by atoms with Crippen LogP contribution in [0.5, 0.6) is 0 Å². The molecule has 2 atom stereocenters. The second kappa shape index (κ2) is 4.50. The molecule has 1 aromatic rings. The van der Waals surface area contributed by atoms with Crippen LogP contribution in [0.4, 0.5) is 0 Å². The topological polar surface area (TPSA) is 44.0 Å². The van der Waals surface area contributed by atoms with Crippen molar-refractivity contribution >= 4 is 0 Å². The van der Waals surface area contributed by atoms with Gasteiger partial charge in [0.05, 0.1) is 12.2 Å². The third-order valence-corrected chi connectivity index (χ3v) is 4.27. The van der Waals surface area contributed by atoms with E-state index < -0.39 is 6.10 Å². The lowest BCUT2D eigenvalue weighted by atomic mass is 9.70. The quantitative estimate of drug-likeness (QED) is 0.864. The molecular weight excluding hydrogens is 210 g/mol. The summed E-state index contributed by atoms with van der Waals surface area (Å²) in [6, 6.07) is 10.3. The Morgan fingerprint density at radius 2 is 2.18 bits per heavy atom. The lowest BCUT2D eigenvalue weighted by Gasteiger charge is -2.36. The largest absolute Gasteiger partial charge is 0.388 e. The zero-order chi connectivity index (χ0) is 12.5. The van der Waals surface area contributed by atoms with Gasteiger partial charge < -0.3 is 5.11 Å². The van der Waals surface area contributed by atoms with E-state index in [1.165, 1.54) is 5.56 Å². The van der Waals surface area contributed by atoms with E-state index >= 15 is 0 Å². The first kappa shape index (κ1) is 12.1. The van der Waals surface area contributed by atoms with Crippen LogP contribution >= 0.6 is 0 Å². The van der Waals surface area contributed by atoms with Crippen molar-refractivity contribution in [3.63, 3.8) is 0 Å². The third kappa shape index (κ3) is 1.85. The van der Waals surface area contributed by atoms with Gasteiger partial charge in [0.1, 0.15) is 0 Å². The van der Waals surface area contributed by atoms with E-state index in [4.69, 9.17) is 5.26 Å². The molecule has 90 valence electrons. The summed E-state index contributed by atoms with van der Waals surface area (Å²) in [6.07, 6.45) is 1.76. The first-order chi connectivity index (χ1) is 8.12. The van der Waals surface area contributed by atoms with Gasteiger partial charge in [-0.3, -0.25) is 0 Å². The van der Waals surface area contributed by atoms with Crippen LogP contribution in [0.25, 0.3) is 0 Å². The van der Waals surface area contributed by atoms with Crippen molar-refractivity contribution in [3.8, 4) is 6.07 Å². The standard InChI is InChI=1S/C15H19NO/c1-11(2)15(8-5-9-16)10-12-6-3-4-7-13(12)14(15)17/h3-4,6-7,11,14,17H,5,8,10H2,1-2H3. The lowest BCUT2D eigenvalue weighted by Crippen LogP contribution is -2.32. The number of aliphatic hydroxyl groups is 1. The monoisotopic (exact) mass is 229 g/mol. The van der Waals surface area contributed by atoms with E-state index in [0.29, 0.717) is 12.3 Å². The normalized spacial score (nSPS) is 26.9. The molecule has 0 aromatic heterocycles. The molecule has 0 spiro atoms. The Morgan fingerprint density at radius 1 is 1.47 bits per heavy atom. The Morgan fingerprint density at radius 3 is 2.76 bits per heavy atom. The van der Waals surface area contributed by atoms with Crippen molar-refractivity contribution in [2.24, 2.45) is 11.3 Å². The van der Waals surface area contributed by atoms with E-state index in [-0.39, 0.29) is 5.41 Å². The van der Waals surface area contributed by atoms with Crippen LogP contribution < -0.4 is 0 Å². The molecule has 1 aliphatic carbocycles. The van der Waals surface area contributed by atoms with Crippen LogP contribution in [0, 0.1) is 22.7 Å². The van der Waals surface area contributed by atoms with Gasteiger partial charge in [0.2, 0.25) is 0 Å². The summed E-state index contributed by atoms with van der Waals surface area (Å²) in [7, 11) is 0. The maximum absolute atomic E-state index is 10.6. The number of fused-ring (bicyclic) bond motifs is 1. The fourth-order valence-electron chi connectivity index (χ4n) is 3.05. The number of nitriles is 1. The molecule has 2 nitrogen and oxygen atoms in total.